The molecular weight excluding hydrogens is 388 g/mol. The Morgan fingerprint density at radius 2 is 2.03 bits per heavy atom. The number of thioether (sulfide) groups is 1. The lowest BCUT2D eigenvalue weighted by Gasteiger charge is -2.29. The van der Waals surface area contributed by atoms with Crippen molar-refractivity contribution in [1.29, 1.82) is 0 Å². The van der Waals surface area contributed by atoms with E-state index in [1.54, 1.807) is 33.9 Å². The number of nitrogens with zero attached hydrogens (tertiary/aromatic N) is 5. The first-order valence-corrected chi connectivity index (χ1v) is 10.3. The number of fused-ring (bicyclic) bond motifs is 1. The van der Waals surface area contributed by atoms with Crippen LogP contribution in [0.2, 0.25) is 0 Å². The molecule has 3 aromatic rings. The number of pyridine rings is 1. The third-order valence-corrected chi connectivity index (χ3v) is 5.59. The lowest BCUT2D eigenvalue weighted by atomic mass is 10.2. The fourth-order valence-corrected chi connectivity index (χ4v) is 4.05. The number of hydrogen-bond donors (Lipinski definition) is 1. The van der Waals surface area contributed by atoms with Crippen molar-refractivity contribution in [2.45, 2.75) is 24.3 Å². The zero-order chi connectivity index (χ0) is 20.1. The lowest BCUT2D eigenvalue weighted by Crippen LogP contribution is -2.36. The van der Waals surface area contributed by atoms with Crippen molar-refractivity contribution < 1.29 is 9.59 Å². The molecule has 4 rings (SSSR count). The van der Waals surface area contributed by atoms with Gasteiger partial charge in [0, 0.05) is 42.8 Å². The summed E-state index contributed by atoms with van der Waals surface area (Å²) in [5.74, 6) is 1.35. The first kappa shape index (κ1) is 19.1. The van der Waals surface area contributed by atoms with Gasteiger partial charge in [0.25, 0.3) is 0 Å². The molecule has 0 aliphatic carbocycles. The van der Waals surface area contributed by atoms with E-state index in [0.717, 1.165) is 21.9 Å². The van der Waals surface area contributed by atoms with Crippen LogP contribution in [0.25, 0.3) is 5.82 Å². The number of carbonyl (C=O) groups excluding carboxylic acids is 2. The highest BCUT2D eigenvalue weighted by Gasteiger charge is 2.22. The molecular formula is C20H20N6O2S. The van der Waals surface area contributed by atoms with E-state index in [4.69, 9.17) is 0 Å². The first-order valence-electron chi connectivity index (χ1n) is 9.29. The summed E-state index contributed by atoms with van der Waals surface area (Å²) in [7, 11) is 0. The molecule has 0 saturated carbocycles. The third-order valence-electron chi connectivity index (χ3n) is 4.55. The van der Waals surface area contributed by atoms with Gasteiger partial charge in [0.05, 0.1) is 5.69 Å². The zero-order valence-electron chi connectivity index (χ0n) is 15.7. The van der Waals surface area contributed by atoms with Gasteiger partial charge in [-0.15, -0.1) is 11.8 Å². The smallest absolute Gasteiger partial charge is 0.227 e. The Kier molecular flexibility index (Phi) is 5.85. The predicted octanol–water partition coefficient (Wildman–Crippen LogP) is 2.20. The van der Waals surface area contributed by atoms with E-state index >= 15 is 0 Å². The van der Waals surface area contributed by atoms with Gasteiger partial charge >= 0.3 is 0 Å². The van der Waals surface area contributed by atoms with Crippen LogP contribution in [0.5, 0.6) is 0 Å². The number of benzene rings is 1. The minimum absolute atomic E-state index is 0.0215. The molecule has 0 fully saturated rings. The molecule has 0 atom stereocenters. The van der Waals surface area contributed by atoms with E-state index in [0.29, 0.717) is 18.9 Å². The van der Waals surface area contributed by atoms with Crippen molar-refractivity contribution in [3.63, 3.8) is 0 Å². The maximum atomic E-state index is 12.6. The largest absolute Gasteiger partial charge is 0.352 e. The van der Waals surface area contributed by atoms with Crippen molar-refractivity contribution >= 4 is 29.3 Å². The van der Waals surface area contributed by atoms with Crippen molar-refractivity contribution in [1.82, 2.24) is 25.1 Å². The Morgan fingerprint density at radius 3 is 2.83 bits per heavy atom. The second kappa shape index (κ2) is 8.87. The molecule has 2 amide bonds. The summed E-state index contributed by atoms with van der Waals surface area (Å²) < 4.78 is 1.56. The maximum Gasteiger partial charge on any atom is 0.227 e. The van der Waals surface area contributed by atoms with Crippen LogP contribution < -0.4 is 10.2 Å². The SMILES string of the molecule is O=C(CCC(=O)N1CCSc2ccccc21)NCc1ccc(-n2cncn2)nc1. The van der Waals surface area contributed by atoms with Crippen LogP contribution in [-0.4, -0.2) is 43.9 Å². The molecule has 9 heteroatoms. The quantitative estimate of drug-likeness (QED) is 0.672. The van der Waals surface area contributed by atoms with Gasteiger partial charge in [0.2, 0.25) is 11.8 Å². The number of anilines is 1. The standard InChI is InChI=1S/C20H20N6O2S/c27-19(23-12-15-5-6-18(22-11-15)26-14-21-13-24-26)7-8-20(28)25-9-10-29-17-4-2-1-3-16(17)25/h1-6,11,13-14H,7-10,12H2,(H,23,27). The molecule has 1 aliphatic heterocycles. The van der Waals surface area contributed by atoms with E-state index in [1.807, 2.05) is 36.4 Å². The van der Waals surface area contributed by atoms with Gasteiger partial charge in [0.1, 0.15) is 12.7 Å². The van der Waals surface area contributed by atoms with Gasteiger partial charge in [-0.05, 0) is 23.8 Å². The minimum Gasteiger partial charge on any atom is -0.352 e. The fourth-order valence-electron chi connectivity index (χ4n) is 3.06. The number of hydrogen-bond acceptors (Lipinski definition) is 6. The molecule has 0 saturated heterocycles. The van der Waals surface area contributed by atoms with Crippen LogP contribution in [0, 0.1) is 0 Å². The molecule has 0 bridgehead atoms. The Hall–Kier alpha value is -3.20. The number of aromatic nitrogens is 4. The van der Waals surface area contributed by atoms with Crippen LogP contribution in [0.1, 0.15) is 18.4 Å². The lowest BCUT2D eigenvalue weighted by molar-refractivity contribution is -0.125. The van der Waals surface area contributed by atoms with E-state index in [2.05, 4.69) is 20.4 Å². The third kappa shape index (κ3) is 4.62. The van der Waals surface area contributed by atoms with Crippen LogP contribution in [0.3, 0.4) is 0 Å². The second-order valence-electron chi connectivity index (χ2n) is 6.50. The fraction of sp³-hybridized carbons (Fsp3) is 0.250. The number of amides is 2. The van der Waals surface area contributed by atoms with Gasteiger partial charge in [-0.3, -0.25) is 9.59 Å². The van der Waals surface area contributed by atoms with Gasteiger partial charge in [-0.1, -0.05) is 18.2 Å². The van der Waals surface area contributed by atoms with Crippen molar-refractivity contribution in [3.8, 4) is 5.82 Å². The monoisotopic (exact) mass is 408 g/mol. The van der Waals surface area contributed by atoms with Gasteiger partial charge in [0.15, 0.2) is 5.82 Å². The molecule has 0 unspecified atom stereocenters. The number of rotatable bonds is 6. The van der Waals surface area contributed by atoms with E-state index in [-0.39, 0.29) is 24.7 Å². The molecule has 1 aromatic carbocycles. The average molecular weight is 408 g/mol. The topological polar surface area (TPSA) is 93.0 Å². The van der Waals surface area contributed by atoms with Crippen molar-refractivity contribution in [2.24, 2.45) is 0 Å². The van der Waals surface area contributed by atoms with E-state index in [1.165, 1.54) is 6.33 Å². The van der Waals surface area contributed by atoms with Gasteiger partial charge in [-0.25, -0.2) is 14.6 Å². The molecule has 8 nitrogen and oxygen atoms in total. The van der Waals surface area contributed by atoms with Crippen molar-refractivity contribution in [3.05, 3.63) is 60.8 Å². The molecule has 0 radical (unpaired) electrons. The Labute approximate surface area is 172 Å². The van der Waals surface area contributed by atoms with Crippen LogP contribution >= 0.6 is 11.8 Å². The highest BCUT2D eigenvalue weighted by molar-refractivity contribution is 7.99. The van der Waals surface area contributed by atoms with E-state index < -0.39 is 0 Å². The molecule has 2 aromatic heterocycles. The number of carbonyl (C=O) groups is 2. The van der Waals surface area contributed by atoms with Crippen molar-refractivity contribution in [2.75, 3.05) is 17.2 Å². The minimum atomic E-state index is -0.154. The van der Waals surface area contributed by atoms with Gasteiger partial charge < -0.3 is 10.2 Å². The second-order valence-corrected chi connectivity index (χ2v) is 7.64. The number of para-hydroxylation sites is 1. The number of nitrogens with one attached hydrogen (secondary N) is 1. The summed E-state index contributed by atoms with van der Waals surface area (Å²) in [5.41, 5.74) is 1.81. The molecule has 1 N–H and O–H groups in total. The Morgan fingerprint density at radius 1 is 1.14 bits per heavy atom. The van der Waals surface area contributed by atoms with Crippen LogP contribution in [0.4, 0.5) is 5.69 Å². The summed E-state index contributed by atoms with van der Waals surface area (Å²) in [5, 5.41) is 6.86. The summed E-state index contributed by atoms with van der Waals surface area (Å²) in [4.78, 5) is 35.9. The predicted molar refractivity (Wildman–Crippen MR) is 110 cm³/mol. The molecule has 1 aliphatic rings. The average Bonchev–Trinajstić information content (AvgIpc) is 3.31. The van der Waals surface area contributed by atoms with Crippen LogP contribution in [0.15, 0.2) is 60.1 Å². The summed E-state index contributed by atoms with van der Waals surface area (Å²) >= 11 is 1.75. The first-order chi connectivity index (χ1) is 14.2. The molecule has 148 valence electrons. The highest BCUT2D eigenvalue weighted by Crippen LogP contribution is 2.34. The van der Waals surface area contributed by atoms with E-state index in [9.17, 15) is 9.59 Å². The normalized spacial score (nSPS) is 13.0. The summed E-state index contributed by atoms with van der Waals surface area (Å²) in [6.07, 6.45) is 5.05. The summed E-state index contributed by atoms with van der Waals surface area (Å²) in [6.45, 7) is 1.03. The molecule has 3 heterocycles. The molecule has 0 spiro atoms. The molecule has 29 heavy (non-hydrogen) atoms. The Bertz CT molecular complexity index is 990. The Balaban J connectivity index is 1.26. The van der Waals surface area contributed by atoms with Crippen LogP contribution in [-0.2, 0) is 16.1 Å². The summed E-state index contributed by atoms with van der Waals surface area (Å²) in [6, 6.07) is 11.6. The van der Waals surface area contributed by atoms with Gasteiger partial charge in [-0.2, -0.15) is 5.10 Å². The zero-order valence-corrected chi connectivity index (χ0v) is 16.5. The highest BCUT2D eigenvalue weighted by atomic mass is 32.2. The maximum absolute atomic E-state index is 12.6.